The van der Waals surface area contributed by atoms with Gasteiger partial charge in [-0.15, -0.1) is 24.8 Å². The molecule has 2 aromatic rings. The third-order valence-corrected chi connectivity index (χ3v) is 4.60. The van der Waals surface area contributed by atoms with E-state index in [1.807, 2.05) is 24.3 Å². The predicted molar refractivity (Wildman–Crippen MR) is 120 cm³/mol. The van der Waals surface area contributed by atoms with Gasteiger partial charge in [0.2, 0.25) is 0 Å². The SMILES string of the molecule is CCNCc1cccc(NC(=O)c2ccnc(N3CCN(C)CC3)c2)c1.Cl.Cl. The Morgan fingerprint density at radius 1 is 1.11 bits per heavy atom. The molecule has 0 aliphatic carbocycles. The Hall–Kier alpha value is -1.86. The number of halogens is 2. The molecule has 1 aromatic carbocycles. The average Bonchev–Trinajstić information content (AvgIpc) is 2.67. The van der Waals surface area contributed by atoms with Crippen LogP contribution in [0.2, 0.25) is 0 Å². The molecule has 3 rings (SSSR count). The van der Waals surface area contributed by atoms with E-state index in [0.29, 0.717) is 5.56 Å². The lowest BCUT2D eigenvalue weighted by molar-refractivity contribution is 0.102. The third kappa shape index (κ3) is 6.63. The minimum absolute atomic E-state index is 0. The largest absolute Gasteiger partial charge is 0.354 e. The van der Waals surface area contributed by atoms with Gasteiger partial charge in [-0.2, -0.15) is 0 Å². The molecule has 1 saturated heterocycles. The summed E-state index contributed by atoms with van der Waals surface area (Å²) >= 11 is 0. The molecule has 0 bridgehead atoms. The van der Waals surface area contributed by atoms with Gasteiger partial charge in [0, 0.05) is 50.2 Å². The molecule has 1 fully saturated rings. The number of anilines is 2. The standard InChI is InChI=1S/C20H27N5O.2ClH/c1-3-21-15-16-5-4-6-18(13-16)23-20(26)17-7-8-22-19(14-17)25-11-9-24(2)10-12-25;;/h4-8,13-14,21H,3,9-12,15H2,1-2H3,(H,23,26);2*1H. The van der Waals surface area contributed by atoms with Crippen LogP contribution in [0.4, 0.5) is 11.5 Å². The van der Waals surface area contributed by atoms with Crippen LogP contribution in [-0.2, 0) is 6.54 Å². The first-order chi connectivity index (χ1) is 12.7. The lowest BCUT2D eigenvalue weighted by Gasteiger charge is -2.33. The number of piperazine rings is 1. The number of carbonyl (C=O) groups excluding carboxylic acids is 1. The predicted octanol–water partition coefficient (Wildman–Crippen LogP) is 3.04. The molecule has 6 nitrogen and oxygen atoms in total. The number of aromatic nitrogens is 1. The molecule has 2 heterocycles. The van der Waals surface area contributed by atoms with Gasteiger partial charge in [0.25, 0.3) is 5.91 Å². The first-order valence-electron chi connectivity index (χ1n) is 9.16. The van der Waals surface area contributed by atoms with Gasteiger partial charge in [-0.1, -0.05) is 19.1 Å². The van der Waals surface area contributed by atoms with Crippen LogP contribution >= 0.6 is 24.8 Å². The number of benzene rings is 1. The summed E-state index contributed by atoms with van der Waals surface area (Å²) in [6.45, 7) is 7.67. The average molecular weight is 426 g/mol. The number of amides is 1. The van der Waals surface area contributed by atoms with Gasteiger partial charge in [0.15, 0.2) is 0 Å². The maximum atomic E-state index is 12.6. The van der Waals surface area contributed by atoms with Crippen molar-refractivity contribution in [3.05, 3.63) is 53.7 Å². The van der Waals surface area contributed by atoms with E-state index in [4.69, 9.17) is 0 Å². The van der Waals surface area contributed by atoms with Crippen molar-refractivity contribution in [1.29, 1.82) is 0 Å². The smallest absolute Gasteiger partial charge is 0.255 e. The van der Waals surface area contributed by atoms with Gasteiger partial charge in [-0.25, -0.2) is 4.98 Å². The lowest BCUT2D eigenvalue weighted by Crippen LogP contribution is -2.44. The highest BCUT2D eigenvalue weighted by atomic mass is 35.5. The zero-order chi connectivity index (χ0) is 18.4. The van der Waals surface area contributed by atoms with E-state index in [9.17, 15) is 4.79 Å². The second-order valence-electron chi connectivity index (χ2n) is 6.63. The van der Waals surface area contributed by atoms with Gasteiger partial charge in [-0.05, 0) is 43.4 Å². The van der Waals surface area contributed by atoms with Gasteiger partial charge in [-0.3, -0.25) is 4.79 Å². The fourth-order valence-electron chi connectivity index (χ4n) is 3.00. The second kappa shape index (κ2) is 11.9. The van der Waals surface area contributed by atoms with Crippen molar-refractivity contribution in [1.82, 2.24) is 15.2 Å². The summed E-state index contributed by atoms with van der Waals surface area (Å²) in [5.74, 6) is 0.759. The van der Waals surface area contributed by atoms with Crippen LogP contribution in [0.5, 0.6) is 0 Å². The van der Waals surface area contributed by atoms with Crippen LogP contribution in [0.15, 0.2) is 42.6 Å². The highest BCUT2D eigenvalue weighted by molar-refractivity contribution is 6.04. The minimum Gasteiger partial charge on any atom is -0.354 e. The molecule has 0 atom stereocenters. The van der Waals surface area contributed by atoms with E-state index < -0.39 is 0 Å². The zero-order valence-corrected chi connectivity index (χ0v) is 18.0. The highest BCUT2D eigenvalue weighted by Gasteiger charge is 2.16. The molecule has 1 aromatic heterocycles. The molecule has 28 heavy (non-hydrogen) atoms. The molecule has 0 saturated carbocycles. The van der Waals surface area contributed by atoms with Crippen LogP contribution in [0.25, 0.3) is 0 Å². The fourth-order valence-corrected chi connectivity index (χ4v) is 3.00. The number of rotatable bonds is 6. The molecule has 1 aliphatic rings. The highest BCUT2D eigenvalue weighted by Crippen LogP contribution is 2.17. The Bertz CT molecular complexity index is 751. The third-order valence-electron chi connectivity index (χ3n) is 4.60. The molecule has 154 valence electrons. The maximum absolute atomic E-state index is 12.6. The van der Waals surface area contributed by atoms with Crippen LogP contribution in [0, 0.1) is 0 Å². The number of nitrogens with zero attached hydrogens (tertiary/aromatic N) is 3. The summed E-state index contributed by atoms with van der Waals surface area (Å²) < 4.78 is 0. The first kappa shape index (κ1) is 24.2. The maximum Gasteiger partial charge on any atom is 0.255 e. The van der Waals surface area contributed by atoms with Crippen molar-refractivity contribution >= 4 is 42.2 Å². The molecule has 0 radical (unpaired) electrons. The molecule has 8 heteroatoms. The van der Waals surface area contributed by atoms with Crippen LogP contribution in [0.3, 0.4) is 0 Å². The Balaban J connectivity index is 0.00000196. The number of pyridine rings is 1. The Kier molecular flexibility index (Phi) is 10.2. The second-order valence-corrected chi connectivity index (χ2v) is 6.63. The number of likely N-dealkylation sites (N-methyl/N-ethyl adjacent to an activating group) is 1. The molecular formula is C20H29Cl2N5O. The van der Waals surface area contributed by atoms with Crippen LogP contribution in [-0.4, -0.2) is 55.6 Å². The van der Waals surface area contributed by atoms with E-state index in [-0.39, 0.29) is 30.7 Å². The van der Waals surface area contributed by atoms with E-state index in [0.717, 1.165) is 56.3 Å². The number of hydrogen-bond acceptors (Lipinski definition) is 5. The Morgan fingerprint density at radius 2 is 1.86 bits per heavy atom. The lowest BCUT2D eigenvalue weighted by atomic mass is 10.2. The zero-order valence-electron chi connectivity index (χ0n) is 16.4. The van der Waals surface area contributed by atoms with Crippen molar-refractivity contribution in [2.45, 2.75) is 13.5 Å². The normalized spacial score (nSPS) is 14.0. The monoisotopic (exact) mass is 425 g/mol. The van der Waals surface area contributed by atoms with E-state index >= 15 is 0 Å². The molecule has 0 spiro atoms. The fraction of sp³-hybridized carbons (Fsp3) is 0.400. The summed E-state index contributed by atoms with van der Waals surface area (Å²) in [6.07, 6.45) is 1.71. The van der Waals surface area contributed by atoms with Crippen LogP contribution < -0.4 is 15.5 Å². The van der Waals surface area contributed by atoms with E-state index in [1.165, 1.54) is 0 Å². The summed E-state index contributed by atoms with van der Waals surface area (Å²) in [4.78, 5) is 21.6. The van der Waals surface area contributed by atoms with Gasteiger partial charge in [0.1, 0.15) is 5.82 Å². The van der Waals surface area contributed by atoms with E-state index in [2.05, 4.69) is 45.5 Å². The van der Waals surface area contributed by atoms with Crippen LogP contribution in [0.1, 0.15) is 22.8 Å². The summed E-state index contributed by atoms with van der Waals surface area (Å²) in [6, 6.07) is 11.6. The van der Waals surface area contributed by atoms with Crippen molar-refractivity contribution in [2.24, 2.45) is 0 Å². The Morgan fingerprint density at radius 3 is 2.57 bits per heavy atom. The number of nitrogens with one attached hydrogen (secondary N) is 2. The van der Waals surface area contributed by atoms with Gasteiger partial charge >= 0.3 is 0 Å². The Labute approximate surface area is 179 Å². The number of hydrogen-bond donors (Lipinski definition) is 2. The topological polar surface area (TPSA) is 60.5 Å². The molecular weight excluding hydrogens is 397 g/mol. The molecule has 0 unspecified atom stereocenters. The van der Waals surface area contributed by atoms with Gasteiger partial charge in [0.05, 0.1) is 0 Å². The summed E-state index contributed by atoms with van der Waals surface area (Å²) in [5, 5.41) is 6.28. The van der Waals surface area contributed by atoms with Crippen molar-refractivity contribution in [3.8, 4) is 0 Å². The summed E-state index contributed by atoms with van der Waals surface area (Å²) in [5.41, 5.74) is 2.59. The quantitative estimate of drug-likeness (QED) is 0.744. The van der Waals surface area contributed by atoms with E-state index in [1.54, 1.807) is 12.3 Å². The summed E-state index contributed by atoms with van der Waals surface area (Å²) in [7, 11) is 2.12. The molecule has 1 amide bonds. The molecule has 1 aliphatic heterocycles. The molecule has 2 N–H and O–H groups in total. The number of carbonyl (C=O) groups is 1. The van der Waals surface area contributed by atoms with Gasteiger partial charge < -0.3 is 20.4 Å². The first-order valence-corrected chi connectivity index (χ1v) is 9.16. The van der Waals surface area contributed by atoms with Crippen molar-refractivity contribution < 1.29 is 4.79 Å². The van der Waals surface area contributed by atoms with Crippen molar-refractivity contribution in [2.75, 3.05) is 50.0 Å². The van der Waals surface area contributed by atoms with Crippen molar-refractivity contribution in [3.63, 3.8) is 0 Å². The minimum atomic E-state index is -0.108.